The Labute approximate surface area is 83.9 Å². The summed E-state index contributed by atoms with van der Waals surface area (Å²) >= 11 is 0. The van der Waals surface area contributed by atoms with Crippen LogP contribution >= 0.6 is 0 Å². The molecule has 0 saturated heterocycles. The van der Waals surface area contributed by atoms with Gasteiger partial charge >= 0.3 is 0 Å². The van der Waals surface area contributed by atoms with Crippen LogP contribution in [-0.4, -0.2) is 10.2 Å². The van der Waals surface area contributed by atoms with Crippen molar-refractivity contribution < 1.29 is 0 Å². The van der Waals surface area contributed by atoms with Gasteiger partial charge in [-0.05, 0) is 37.3 Å². The number of nitrogen functional groups attached to an aromatic ring is 1. The number of aryl methyl sites for hydroxylation is 2. The van der Waals surface area contributed by atoms with Crippen LogP contribution in [0.15, 0.2) is 6.07 Å². The first-order valence-corrected chi connectivity index (χ1v) is 5.22. The lowest BCUT2D eigenvalue weighted by Crippen LogP contribution is -2.12. The lowest BCUT2D eigenvalue weighted by atomic mass is 9.98. The number of hydrazine groups is 1. The zero-order valence-electron chi connectivity index (χ0n) is 8.29. The van der Waals surface area contributed by atoms with Crippen molar-refractivity contribution in [1.82, 2.24) is 10.2 Å². The predicted molar refractivity (Wildman–Crippen MR) is 55.7 cm³/mol. The molecule has 76 valence electrons. The number of nitrogens with zero attached hydrogens (tertiary/aromatic N) is 2. The fourth-order valence-electron chi connectivity index (χ4n) is 1.91. The molecule has 14 heavy (non-hydrogen) atoms. The van der Waals surface area contributed by atoms with Crippen LogP contribution in [0.5, 0.6) is 0 Å². The third-order valence-corrected chi connectivity index (χ3v) is 2.72. The molecule has 0 atom stereocenters. The Hall–Kier alpha value is -1.16. The van der Waals surface area contributed by atoms with Crippen LogP contribution in [0.4, 0.5) is 5.82 Å². The van der Waals surface area contributed by atoms with Crippen molar-refractivity contribution in [2.45, 2.75) is 38.5 Å². The molecule has 4 nitrogen and oxygen atoms in total. The van der Waals surface area contributed by atoms with Gasteiger partial charge in [-0.3, -0.25) is 0 Å². The second-order valence-corrected chi connectivity index (χ2v) is 3.76. The Morgan fingerprint density at radius 3 is 2.64 bits per heavy atom. The molecule has 1 aromatic rings. The highest BCUT2D eigenvalue weighted by Gasteiger charge is 2.09. The normalized spacial score (nSPS) is 16.6. The van der Waals surface area contributed by atoms with E-state index in [2.05, 4.69) is 15.6 Å². The lowest BCUT2D eigenvalue weighted by Gasteiger charge is -2.12. The number of hydrogen-bond donors (Lipinski definition) is 2. The Morgan fingerprint density at radius 1 is 1.07 bits per heavy atom. The maximum absolute atomic E-state index is 5.30. The number of rotatable bonds is 1. The van der Waals surface area contributed by atoms with Gasteiger partial charge in [0.25, 0.3) is 0 Å². The molecule has 2 rings (SSSR count). The zero-order chi connectivity index (χ0) is 9.80. The molecule has 0 saturated carbocycles. The van der Waals surface area contributed by atoms with E-state index in [-0.39, 0.29) is 0 Å². The summed E-state index contributed by atoms with van der Waals surface area (Å²) in [6.45, 7) is 0. The second kappa shape index (κ2) is 4.37. The highest BCUT2D eigenvalue weighted by Crippen LogP contribution is 2.19. The molecule has 0 fully saturated rings. The molecule has 1 aromatic heterocycles. The maximum atomic E-state index is 5.30. The molecule has 0 aliphatic heterocycles. The number of aromatic nitrogens is 2. The molecular formula is C10H16N4. The third-order valence-electron chi connectivity index (χ3n) is 2.72. The van der Waals surface area contributed by atoms with Gasteiger partial charge in [-0.2, -0.15) is 5.10 Å². The topological polar surface area (TPSA) is 63.8 Å². The SMILES string of the molecule is NNc1cc2c(nn1)CCCCCC2. The number of hydrogen-bond acceptors (Lipinski definition) is 4. The summed E-state index contributed by atoms with van der Waals surface area (Å²) in [5.41, 5.74) is 5.01. The van der Waals surface area contributed by atoms with E-state index >= 15 is 0 Å². The van der Waals surface area contributed by atoms with Crippen molar-refractivity contribution in [3.8, 4) is 0 Å². The van der Waals surface area contributed by atoms with E-state index in [9.17, 15) is 0 Å². The minimum atomic E-state index is 0.671. The smallest absolute Gasteiger partial charge is 0.162 e. The summed E-state index contributed by atoms with van der Waals surface area (Å²) in [5, 5.41) is 8.20. The average Bonchev–Trinajstić information content (AvgIpc) is 2.18. The quantitative estimate of drug-likeness (QED) is 0.522. The fourth-order valence-corrected chi connectivity index (χ4v) is 1.91. The van der Waals surface area contributed by atoms with Gasteiger partial charge in [0.2, 0.25) is 0 Å². The largest absolute Gasteiger partial charge is 0.307 e. The van der Waals surface area contributed by atoms with Crippen molar-refractivity contribution in [3.63, 3.8) is 0 Å². The van der Waals surface area contributed by atoms with Crippen LogP contribution < -0.4 is 11.3 Å². The van der Waals surface area contributed by atoms with E-state index in [0.717, 1.165) is 18.5 Å². The summed E-state index contributed by atoms with van der Waals surface area (Å²) < 4.78 is 0. The molecule has 0 radical (unpaired) electrons. The van der Waals surface area contributed by atoms with Crippen LogP contribution in [0.3, 0.4) is 0 Å². The molecule has 4 heteroatoms. The van der Waals surface area contributed by atoms with Gasteiger partial charge in [-0.25, -0.2) is 5.84 Å². The Bertz CT molecular complexity index is 311. The predicted octanol–water partition coefficient (Wildman–Crippen LogP) is 1.42. The summed E-state index contributed by atoms with van der Waals surface area (Å²) in [4.78, 5) is 0. The van der Waals surface area contributed by atoms with Crippen molar-refractivity contribution >= 4 is 5.82 Å². The van der Waals surface area contributed by atoms with Crippen LogP contribution in [0, 0.1) is 0 Å². The van der Waals surface area contributed by atoms with Crippen molar-refractivity contribution in [2.75, 3.05) is 5.43 Å². The van der Waals surface area contributed by atoms with E-state index in [0.29, 0.717) is 5.82 Å². The molecule has 0 aromatic carbocycles. The lowest BCUT2D eigenvalue weighted by molar-refractivity contribution is 0.603. The Kier molecular flexibility index (Phi) is 2.93. The minimum absolute atomic E-state index is 0.671. The number of fused-ring (bicyclic) bond motifs is 1. The van der Waals surface area contributed by atoms with Crippen LogP contribution in [-0.2, 0) is 12.8 Å². The van der Waals surface area contributed by atoms with Gasteiger partial charge in [0.05, 0.1) is 5.69 Å². The summed E-state index contributed by atoms with van der Waals surface area (Å²) in [5.74, 6) is 5.97. The van der Waals surface area contributed by atoms with Gasteiger partial charge in [0.1, 0.15) is 0 Å². The molecule has 1 aliphatic rings. The molecule has 0 unspecified atom stereocenters. The van der Waals surface area contributed by atoms with Crippen LogP contribution in [0.25, 0.3) is 0 Å². The van der Waals surface area contributed by atoms with E-state index < -0.39 is 0 Å². The van der Waals surface area contributed by atoms with Crippen molar-refractivity contribution in [1.29, 1.82) is 0 Å². The zero-order valence-corrected chi connectivity index (χ0v) is 8.29. The average molecular weight is 192 g/mol. The van der Waals surface area contributed by atoms with Gasteiger partial charge in [-0.15, -0.1) is 5.10 Å². The van der Waals surface area contributed by atoms with E-state index in [1.54, 1.807) is 0 Å². The number of anilines is 1. The van der Waals surface area contributed by atoms with Crippen molar-refractivity contribution in [2.24, 2.45) is 5.84 Å². The summed E-state index contributed by atoms with van der Waals surface area (Å²) in [6.07, 6.45) is 7.30. The number of nitrogens with two attached hydrogens (primary N) is 1. The molecule has 0 bridgehead atoms. The van der Waals surface area contributed by atoms with Crippen LogP contribution in [0.1, 0.15) is 36.9 Å². The second-order valence-electron chi connectivity index (χ2n) is 3.76. The molecular weight excluding hydrogens is 176 g/mol. The fraction of sp³-hybridized carbons (Fsp3) is 0.600. The molecule has 3 N–H and O–H groups in total. The van der Waals surface area contributed by atoms with E-state index in [4.69, 9.17) is 5.84 Å². The first-order chi connectivity index (χ1) is 6.90. The van der Waals surface area contributed by atoms with Gasteiger partial charge in [-0.1, -0.05) is 12.8 Å². The first kappa shape index (κ1) is 9.40. The Balaban J connectivity index is 2.26. The summed E-state index contributed by atoms with van der Waals surface area (Å²) in [7, 11) is 0. The maximum Gasteiger partial charge on any atom is 0.162 e. The summed E-state index contributed by atoms with van der Waals surface area (Å²) in [6, 6.07) is 2.02. The molecule has 1 aliphatic carbocycles. The molecule has 1 heterocycles. The van der Waals surface area contributed by atoms with Crippen LogP contribution in [0.2, 0.25) is 0 Å². The molecule has 0 amide bonds. The Morgan fingerprint density at radius 2 is 1.86 bits per heavy atom. The number of nitrogens with one attached hydrogen (secondary N) is 1. The standard InChI is InChI=1S/C10H16N4/c11-12-10-7-8-5-3-1-2-4-6-9(8)13-14-10/h7H,1-6,11H2,(H,12,14). The minimum Gasteiger partial charge on any atom is -0.307 e. The van der Waals surface area contributed by atoms with Gasteiger partial charge in [0.15, 0.2) is 5.82 Å². The monoisotopic (exact) mass is 192 g/mol. The van der Waals surface area contributed by atoms with E-state index in [1.165, 1.54) is 31.2 Å². The third kappa shape index (κ3) is 2.01. The van der Waals surface area contributed by atoms with E-state index in [1.807, 2.05) is 6.07 Å². The highest BCUT2D eigenvalue weighted by molar-refractivity contribution is 5.37. The van der Waals surface area contributed by atoms with Crippen molar-refractivity contribution in [3.05, 3.63) is 17.3 Å². The van der Waals surface area contributed by atoms with Gasteiger partial charge < -0.3 is 5.43 Å². The molecule has 0 spiro atoms. The van der Waals surface area contributed by atoms with Gasteiger partial charge in [0, 0.05) is 0 Å². The highest BCUT2D eigenvalue weighted by atomic mass is 15.3. The first-order valence-electron chi connectivity index (χ1n) is 5.22.